The number of hydrogen-bond donors (Lipinski definition) is 1. The lowest BCUT2D eigenvalue weighted by molar-refractivity contribution is -0.138. The smallest absolute Gasteiger partial charge is 0.320 e. The Labute approximate surface area is 108 Å². The fourth-order valence-corrected chi connectivity index (χ4v) is 2.27. The van der Waals surface area contributed by atoms with Crippen LogP contribution in [0.5, 0.6) is 0 Å². The summed E-state index contributed by atoms with van der Waals surface area (Å²) in [5.74, 6) is -0.539. The molecule has 5 nitrogen and oxygen atoms in total. The van der Waals surface area contributed by atoms with Crippen LogP contribution in [-0.4, -0.2) is 53.1 Å². The van der Waals surface area contributed by atoms with Crippen molar-refractivity contribution in [1.82, 2.24) is 9.80 Å². The van der Waals surface area contributed by atoms with Gasteiger partial charge in [-0.2, -0.15) is 0 Å². The Morgan fingerprint density at radius 3 is 2.50 bits per heavy atom. The molecule has 1 aliphatic rings. The molecule has 0 aromatic carbocycles. The first kappa shape index (κ1) is 14.5. The fourth-order valence-electron chi connectivity index (χ4n) is 2.27. The summed E-state index contributed by atoms with van der Waals surface area (Å²) < 4.78 is 0. The van der Waals surface area contributed by atoms with Gasteiger partial charge in [-0.1, -0.05) is 6.08 Å². The fraction of sp³-hybridized carbons (Fsp3) is 0.692. The van der Waals surface area contributed by atoms with Crippen LogP contribution < -0.4 is 0 Å². The van der Waals surface area contributed by atoms with Gasteiger partial charge in [0, 0.05) is 32.6 Å². The zero-order chi connectivity index (χ0) is 13.5. The minimum atomic E-state index is -0.749. The molecule has 0 radical (unpaired) electrons. The van der Waals surface area contributed by atoms with Crippen LogP contribution in [0.4, 0.5) is 4.79 Å². The SMILES string of the molecule is C=CCN(CC)C(=O)N1CCC(CC(=O)O)CC1. The molecule has 0 aromatic heterocycles. The highest BCUT2D eigenvalue weighted by Gasteiger charge is 2.26. The van der Waals surface area contributed by atoms with E-state index in [2.05, 4.69) is 6.58 Å². The molecule has 0 aliphatic carbocycles. The van der Waals surface area contributed by atoms with Crippen molar-refractivity contribution in [3.8, 4) is 0 Å². The van der Waals surface area contributed by atoms with Gasteiger partial charge >= 0.3 is 12.0 Å². The van der Waals surface area contributed by atoms with Crippen molar-refractivity contribution < 1.29 is 14.7 Å². The Bertz CT molecular complexity index is 309. The van der Waals surface area contributed by atoms with Crippen molar-refractivity contribution in [3.05, 3.63) is 12.7 Å². The number of piperidine rings is 1. The topological polar surface area (TPSA) is 60.9 Å². The first-order valence-corrected chi connectivity index (χ1v) is 6.45. The number of carboxylic acid groups (broad SMARTS) is 1. The molecule has 0 saturated carbocycles. The zero-order valence-electron chi connectivity index (χ0n) is 11.0. The summed E-state index contributed by atoms with van der Waals surface area (Å²) in [4.78, 5) is 26.3. The minimum Gasteiger partial charge on any atom is -0.481 e. The monoisotopic (exact) mass is 254 g/mol. The number of likely N-dealkylation sites (tertiary alicyclic amines) is 1. The van der Waals surface area contributed by atoms with Crippen molar-refractivity contribution in [1.29, 1.82) is 0 Å². The average molecular weight is 254 g/mol. The standard InChI is InChI=1S/C13H22N2O3/c1-3-7-14(4-2)13(18)15-8-5-11(6-9-15)10-12(16)17/h3,11H,1,4-10H2,2H3,(H,16,17). The molecule has 0 bridgehead atoms. The maximum absolute atomic E-state index is 12.1. The second-order valence-electron chi connectivity index (χ2n) is 4.64. The van der Waals surface area contributed by atoms with Crippen molar-refractivity contribution in [2.24, 2.45) is 5.92 Å². The third-order valence-electron chi connectivity index (χ3n) is 3.35. The highest BCUT2D eigenvalue weighted by Crippen LogP contribution is 2.21. The van der Waals surface area contributed by atoms with E-state index in [4.69, 9.17) is 5.11 Å². The molecule has 0 aromatic rings. The van der Waals surface area contributed by atoms with Crippen molar-refractivity contribution in [2.75, 3.05) is 26.2 Å². The summed E-state index contributed by atoms with van der Waals surface area (Å²) in [5, 5.41) is 8.74. The molecule has 1 aliphatic heterocycles. The molecule has 5 heteroatoms. The molecule has 0 spiro atoms. The Morgan fingerprint density at radius 1 is 1.44 bits per heavy atom. The first-order valence-electron chi connectivity index (χ1n) is 6.45. The molecule has 1 rings (SSSR count). The molecule has 1 N–H and O–H groups in total. The van der Waals surface area contributed by atoms with Gasteiger partial charge in [0.15, 0.2) is 0 Å². The van der Waals surface area contributed by atoms with E-state index in [-0.39, 0.29) is 18.4 Å². The Kier molecular flexibility index (Phi) is 5.68. The van der Waals surface area contributed by atoms with Gasteiger partial charge in [-0.05, 0) is 25.7 Å². The highest BCUT2D eigenvalue weighted by molar-refractivity contribution is 5.74. The third-order valence-corrected chi connectivity index (χ3v) is 3.35. The van der Waals surface area contributed by atoms with Crippen LogP contribution in [0.25, 0.3) is 0 Å². The van der Waals surface area contributed by atoms with Gasteiger partial charge in [0.2, 0.25) is 0 Å². The molecule has 0 unspecified atom stereocenters. The lowest BCUT2D eigenvalue weighted by atomic mass is 9.94. The molecule has 2 amide bonds. The number of amides is 2. The maximum Gasteiger partial charge on any atom is 0.320 e. The summed E-state index contributed by atoms with van der Waals surface area (Å²) in [6.07, 6.45) is 3.50. The van der Waals surface area contributed by atoms with E-state index in [1.807, 2.05) is 11.8 Å². The van der Waals surface area contributed by atoms with Gasteiger partial charge in [0.05, 0.1) is 0 Å². The molecule has 1 heterocycles. The molecule has 102 valence electrons. The van der Waals surface area contributed by atoms with Crippen LogP contribution >= 0.6 is 0 Å². The van der Waals surface area contributed by atoms with Crippen LogP contribution in [0.2, 0.25) is 0 Å². The van der Waals surface area contributed by atoms with Crippen molar-refractivity contribution >= 4 is 12.0 Å². The average Bonchev–Trinajstić information content (AvgIpc) is 2.35. The third kappa shape index (κ3) is 4.05. The second-order valence-corrected chi connectivity index (χ2v) is 4.64. The minimum absolute atomic E-state index is 0.0335. The van der Waals surface area contributed by atoms with E-state index in [1.54, 1.807) is 11.0 Å². The molecule has 1 saturated heterocycles. The van der Waals surface area contributed by atoms with E-state index < -0.39 is 5.97 Å². The number of hydrogen-bond acceptors (Lipinski definition) is 2. The highest BCUT2D eigenvalue weighted by atomic mass is 16.4. The van der Waals surface area contributed by atoms with E-state index >= 15 is 0 Å². The summed E-state index contributed by atoms with van der Waals surface area (Å²) >= 11 is 0. The predicted octanol–water partition coefficient (Wildman–Crippen LogP) is 1.80. The number of carboxylic acids is 1. The van der Waals surface area contributed by atoms with E-state index in [0.29, 0.717) is 26.2 Å². The normalized spacial score (nSPS) is 16.4. The number of rotatable bonds is 5. The summed E-state index contributed by atoms with van der Waals surface area (Å²) in [6, 6.07) is 0.0335. The number of nitrogens with zero attached hydrogens (tertiary/aromatic N) is 2. The summed E-state index contributed by atoms with van der Waals surface area (Å²) in [6.45, 7) is 8.13. The number of aliphatic carboxylic acids is 1. The van der Waals surface area contributed by atoms with Crippen LogP contribution in [0, 0.1) is 5.92 Å². The molecular formula is C13H22N2O3. The Morgan fingerprint density at radius 2 is 2.06 bits per heavy atom. The van der Waals surface area contributed by atoms with Crippen LogP contribution in [0.15, 0.2) is 12.7 Å². The number of carbonyl (C=O) groups is 2. The lowest BCUT2D eigenvalue weighted by Gasteiger charge is -2.34. The zero-order valence-corrected chi connectivity index (χ0v) is 11.0. The van der Waals surface area contributed by atoms with Gasteiger partial charge in [-0.3, -0.25) is 4.79 Å². The quantitative estimate of drug-likeness (QED) is 0.761. The van der Waals surface area contributed by atoms with Gasteiger partial charge in [0.25, 0.3) is 0 Å². The van der Waals surface area contributed by atoms with Crippen molar-refractivity contribution in [3.63, 3.8) is 0 Å². The molecule has 0 atom stereocenters. The van der Waals surface area contributed by atoms with Gasteiger partial charge < -0.3 is 14.9 Å². The number of carbonyl (C=O) groups excluding carboxylic acids is 1. The van der Waals surface area contributed by atoms with Crippen LogP contribution in [0.3, 0.4) is 0 Å². The largest absolute Gasteiger partial charge is 0.481 e. The Balaban J connectivity index is 2.44. The predicted molar refractivity (Wildman–Crippen MR) is 69.4 cm³/mol. The summed E-state index contributed by atoms with van der Waals surface area (Å²) in [7, 11) is 0. The molecular weight excluding hydrogens is 232 g/mol. The van der Waals surface area contributed by atoms with E-state index in [1.165, 1.54) is 0 Å². The number of urea groups is 1. The van der Waals surface area contributed by atoms with Gasteiger partial charge in [-0.25, -0.2) is 4.79 Å². The van der Waals surface area contributed by atoms with E-state index in [9.17, 15) is 9.59 Å². The van der Waals surface area contributed by atoms with Crippen LogP contribution in [0.1, 0.15) is 26.2 Å². The van der Waals surface area contributed by atoms with Gasteiger partial charge in [0.1, 0.15) is 0 Å². The van der Waals surface area contributed by atoms with Crippen molar-refractivity contribution in [2.45, 2.75) is 26.2 Å². The maximum atomic E-state index is 12.1. The lowest BCUT2D eigenvalue weighted by Crippen LogP contribution is -2.46. The Hall–Kier alpha value is -1.52. The first-order chi connectivity index (χ1) is 8.58. The molecule has 18 heavy (non-hydrogen) atoms. The summed E-state index contributed by atoms with van der Waals surface area (Å²) in [5.41, 5.74) is 0. The van der Waals surface area contributed by atoms with Gasteiger partial charge in [-0.15, -0.1) is 6.58 Å². The second kappa shape index (κ2) is 7.03. The number of likely N-dealkylation sites (N-methyl/N-ethyl adjacent to an activating group) is 1. The van der Waals surface area contributed by atoms with E-state index in [0.717, 1.165) is 12.8 Å². The van der Waals surface area contributed by atoms with Crippen LogP contribution in [-0.2, 0) is 4.79 Å². The molecule has 1 fully saturated rings.